The predicted octanol–water partition coefficient (Wildman–Crippen LogP) is 4.84. The van der Waals surface area contributed by atoms with E-state index in [1.807, 2.05) is 30.3 Å². The van der Waals surface area contributed by atoms with E-state index in [4.69, 9.17) is 18.9 Å². The van der Waals surface area contributed by atoms with Gasteiger partial charge in [0.15, 0.2) is 28.2 Å². The first-order chi connectivity index (χ1) is 19.2. The molecule has 1 N–H and O–H groups in total. The minimum Gasteiger partial charge on any atom is -0.503 e. The van der Waals surface area contributed by atoms with Gasteiger partial charge >= 0.3 is 5.97 Å². The number of ether oxygens (including phenoxy) is 4. The van der Waals surface area contributed by atoms with Crippen molar-refractivity contribution in [2.75, 3.05) is 32.8 Å². The summed E-state index contributed by atoms with van der Waals surface area (Å²) in [5.41, 5.74) is 1.32. The molecule has 0 saturated carbocycles. The Morgan fingerprint density at radius 3 is 2.30 bits per heavy atom. The summed E-state index contributed by atoms with van der Waals surface area (Å²) in [7, 11) is 4.34. The fourth-order valence-electron chi connectivity index (χ4n) is 4.33. The summed E-state index contributed by atoms with van der Waals surface area (Å²) in [4.78, 5) is 45.4. The number of benzene rings is 2. The lowest BCUT2D eigenvalue weighted by atomic mass is 9.95. The van der Waals surface area contributed by atoms with Crippen molar-refractivity contribution in [1.29, 1.82) is 0 Å². The fraction of sp³-hybridized carbons (Fsp3) is 0.241. The van der Waals surface area contributed by atoms with Crippen molar-refractivity contribution < 1.29 is 38.4 Å². The van der Waals surface area contributed by atoms with Crippen molar-refractivity contribution in [2.45, 2.75) is 19.9 Å². The quantitative estimate of drug-likeness (QED) is 0.272. The molecule has 1 amide bonds. The van der Waals surface area contributed by atoms with Crippen LogP contribution in [0.1, 0.15) is 39.5 Å². The fourth-order valence-corrected chi connectivity index (χ4v) is 5.31. The molecule has 3 aromatic rings. The summed E-state index contributed by atoms with van der Waals surface area (Å²) in [6.45, 7) is 3.46. The van der Waals surface area contributed by atoms with E-state index >= 15 is 0 Å². The van der Waals surface area contributed by atoms with Gasteiger partial charge in [-0.05, 0) is 43.2 Å². The van der Waals surface area contributed by atoms with Gasteiger partial charge in [-0.3, -0.25) is 14.5 Å². The Morgan fingerprint density at radius 1 is 1.07 bits per heavy atom. The number of methoxy groups -OCH3 is 3. The highest BCUT2D eigenvalue weighted by molar-refractivity contribution is 7.17. The van der Waals surface area contributed by atoms with Crippen molar-refractivity contribution in [3.8, 4) is 17.2 Å². The van der Waals surface area contributed by atoms with Crippen molar-refractivity contribution in [3.63, 3.8) is 0 Å². The molecule has 2 heterocycles. The molecule has 0 spiro atoms. The number of aliphatic hydroxyl groups is 1. The van der Waals surface area contributed by atoms with E-state index in [2.05, 4.69) is 4.98 Å². The van der Waals surface area contributed by atoms with E-state index < -0.39 is 29.5 Å². The number of aromatic nitrogens is 1. The standard InChI is InChI=1S/C29H28N2O8S/c1-6-39-28(35)26-16(2)30-29(40-26)31-23(18-14-20(36-3)25(38-5)21(15-18)37-4)22(24(33)27(31)34)19(32)13-12-17-10-8-7-9-11-17/h7-15,23,33H,6H2,1-5H3/b13-12+. The number of rotatable bonds is 10. The molecule has 0 bridgehead atoms. The van der Waals surface area contributed by atoms with E-state index in [9.17, 15) is 19.5 Å². The number of amides is 1. The first kappa shape index (κ1) is 28.4. The molecule has 10 nitrogen and oxygen atoms in total. The molecule has 1 unspecified atom stereocenters. The molecule has 4 rings (SSSR count). The van der Waals surface area contributed by atoms with Crippen LogP contribution in [0.15, 0.2) is 59.9 Å². The molecule has 0 saturated heterocycles. The molecule has 0 fully saturated rings. The minimum absolute atomic E-state index is 0.102. The zero-order chi connectivity index (χ0) is 29.0. The molecule has 2 aromatic carbocycles. The van der Waals surface area contributed by atoms with Gasteiger partial charge in [0, 0.05) is 0 Å². The smallest absolute Gasteiger partial charge is 0.350 e. The molecule has 1 aromatic heterocycles. The number of esters is 1. The van der Waals surface area contributed by atoms with Gasteiger partial charge in [0.05, 0.1) is 45.2 Å². The normalized spacial score (nSPS) is 15.1. The zero-order valence-electron chi connectivity index (χ0n) is 22.6. The first-order valence-corrected chi connectivity index (χ1v) is 13.1. The van der Waals surface area contributed by atoms with Gasteiger partial charge in [0.1, 0.15) is 4.88 Å². The maximum Gasteiger partial charge on any atom is 0.350 e. The third kappa shape index (κ3) is 5.28. The molecule has 1 aliphatic rings. The van der Waals surface area contributed by atoms with E-state index in [-0.39, 0.29) is 33.7 Å². The summed E-state index contributed by atoms with van der Waals surface area (Å²) in [5.74, 6) is -1.88. The lowest BCUT2D eigenvalue weighted by Crippen LogP contribution is -2.31. The highest BCUT2D eigenvalue weighted by atomic mass is 32.1. The summed E-state index contributed by atoms with van der Waals surface area (Å²) >= 11 is 0.926. The van der Waals surface area contributed by atoms with E-state index in [1.165, 1.54) is 32.3 Å². The number of carbonyl (C=O) groups is 3. The van der Waals surface area contributed by atoms with Crippen LogP contribution in [0.5, 0.6) is 17.2 Å². The van der Waals surface area contributed by atoms with Gasteiger partial charge in [-0.1, -0.05) is 47.7 Å². The topological polar surface area (TPSA) is 124 Å². The molecule has 0 aliphatic carbocycles. The number of anilines is 1. The third-order valence-electron chi connectivity index (χ3n) is 6.16. The average Bonchev–Trinajstić information content (AvgIpc) is 3.47. The van der Waals surface area contributed by atoms with Crippen LogP contribution in [0.2, 0.25) is 0 Å². The van der Waals surface area contributed by atoms with Crippen molar-refractivity contribution in [2.24, 2.45) is 0 Å². The number of aryl methyl sites for hydroxylation is 1. The van der Waals surface area contributed by atoms with E-state index in [0.29, 0.717) is 17.0 Å². The Hall–Kier alpha value is -4.64. The Kier molecular flexibility index (Phi) is 8.54. The third-order valence-corrected chi connectivity index (χ3v) is 7.29. The van der Waals surface area contributed by atoms with Gasteiger partial charge in [-0.15, -0.1) is 0 Å². The number of allylic oxidation sites excluding steroid dienone is 1. The van der Waals surface area contributed by atoms with Crippen molar-refractivity contribution in [1.82, 2.24) is 4.98 Å². The summed E-state index contributed by atoms with van der Waals surface area (Å²) in [5, 5.41) is 11.1. The molecular weight excluding hydrogens is 536 g/mol. The second-order valence-electron chi connectivity index (χ2n) is 8.54. The molecule has 11 heteroatoms. The number of aliphatic hydroxyl groups excluding tert-OH is 1. The van der Waals surface area contributed by atoms with Gasteiger partial charge < -0.3 is 24.1 Å². The molecule has 208 valence electrons. The van der Waals surface area contributed by atoms with E-state index in [1.54, 1.807) is 32.1 Å². The van der Waals surface area contributed by atoms with Crippen LogP contribution in [0.25, 0.3) is 6.08 Å². The van der Waals surface area contributed by atoms with Crippen LogP contribution in [-0.2, 0) is 14.3 Å². The number of nitrogens with zero attached hydrogens (tertiary/aromatic N) is 2. The maximum absolute atomic E-state index is 13.6. The van der Waals surface area contributed by atoms with Gasteiger partial charge in [0.2, 0.25) is 5.75 Å². The average molecular weight is 565 g/mol. The predicted molar refractivity (Wildman–Crippen MR) is 149 cm³/mol. The molecule has 1 atom stereocenters. The second kappa shape index (κ2) is 12.0. The van der Waals surface area contributed by atoms with Gasteiger partial charge in [-0.25, -0.2) is 9.78 Å². The van der Waals surface area contributed by atoms with Crippen LogP contribution in [-0.4, -0.2) is 55.7 Å². The van der Waals surface area contributed by atoms with Crippen molar-refractivity contribution >= 4 is 40.2 Å². The number of carbonyl (C=O) groups excluding carboxylic acids is 3. The zero-order valence-corrected chi connectivity index (χ0v) is 23.4. The molecular formula is C29H28N2O8S. The summed E-state index contributed by atoms with van der Waals surface area (Å²) in [6.07, 6.45) is 2.88. The van der Waals surface area contributed by atoms with Crippen LogP contribution >= 0.6 is 11.3 Å². The molecule has 1 aliphatic heterocycles. The Morgan fingerprint density at radius 2 is 1.73 bits per heavy atom. The number of hydrogen-bond acceptors (Lipinski definition) is 10. The monoisotopic (exact) mass is 564 g/mol. The van der Waals surface area contributed by atoms with Crippen molar-refractivity contribution in [3.05, 3.63) is 81.6 Å². The van der Waals surface area contributed by atoms with E-state index in [0.717, 1.165) is 16.9 Å². The van der Waals surface area contributed by atoms with Crippen LogP contribution in [0, 0.1) is 6.92 Å². The number of hydrogen-bond donors (Lipinski definition) is 1. The summed E-state index contributed by atoms with van der Waals surface area (Å²) in [6, 6.07) is 11.2. The number of ketones is 1. The lowest BCUT2D eigenvalue weighted by Gasteiger charge is -2.25. The number of thiazole rings is 1. The minimum atomic E-state index is -1.13. The Bertz CT molecular complexity index is 1480. The molecule has 0 radical (unpaired) electrons. The van der Waals surface area contributed by atoms with Crippen LogP contribution < -0.4 is 19.1 Å². The largest absolute Gasteiger partial charge is 0.503 e. The molecule has 40 heavy (non-hydrogen) atoms. The first-order valence-electron chi connectivity index (χ1n) is 12.2. The Balaban J connectivity index is 1.89. The SMILES string of the molecule is CCOC(=O)c1sc(N2C(=O)C(O)=C(C(=O)/C=C/c3ccccc3)C2c2cc(OC)c(OC)c(OC)c2)nc1C. The van der Waals surface area contributed by atoms with Gasteiger partial charge in [-0.2, -0.15) is 0 Å². The summed E-state index contributed by atoms with van der Waals surface area (Å²) < 4.78 is 21.5. The van der Waals surface area contributed by atoms with Gasteiger partial charge in [0.25, 0.3) is 5.91 Å². The Labute approximate surface area is 235 Å². The second-order valence-corrected chi connectivity index (χ2v) is 9.52. The highest BCUT2D eigenvalue weighted by Gasteiger charge is 2.46. The lowest BCUT2D eigenvalue weighted by molar-refractivity contribution is -0.117. The van der Waals surface area contributed by atoms with Crippen LogP contribution in [0.3, 0.4) is 0 Å². The van der Waals surface area contributed by atoms with Crippen LogP contribution in [0.4, 0.5) is 5.13 Å². The maximum atomic E-state index is 13.6. The highest BCUT2D eigenvalue weighted by Crippen LogP contribution is 2.47.